The van der Waals surface area contributed by atoms with Gasteiger partial charge in [-0.2, -0.15) is 4.98 Å². The van der Waals surface area contributed by atoms with E-state index in [0.717, 1.165) is 37.0 Å². The lowest BCUT2D eigenvalue weighted by molar-refractivity contribution is 0.285. The fourth-order valence-electron chi connectivity index (χ4n) is 2.50. The van der Waals surface area contributed by atoms with Crippen molar-refractivity contribution in [3.8, 4) is 17.1 Å². The molecule has 0 amide bonds. The molecule has 2 N–H and O–H groups in total. The molecule has 0 saturated heterocycles. The van der Waals surface area contributed by atoms with Gasteiger partial charge in [0.15, 0.2) is 0 Å². The van der Waals surface area contributed by atoms with E-state index >= 15 is 0 Å². The number of aromatic nitrogens is 2. The average molecular weight is 259 g/mol. The molecule has 1 aliphatic carbocycles. The van der Waals surface area contributed by atoms with Crippen molar-refractivity contribution in [1.29, 1.82) is 0 Å². The highest BCUT2D eigenvalue weighted by Gasteiger charge is 2.36. The van der Waals surface area contributed by atoms with Crippen molar-refractivity contribution in [2.75, 3.05) is 7.11 Å². The lowest BCUT2D eigenvalue weighted by atomic mass is 9.99. The smallest absolute Gasteiger partial charge is 0.247 e. The second-order valence-corrected chi connectivity index (χ2v) is 5.01. The maximum Gasteiger partial charge on any atom is 0.247 e. The molecule has 19 heavy (non-hydrogen) atoms. The minimum Gasteiger partial charge on any atom is -0.497 e. The predicted molar refractivity (Wildman–Crippen MR) is 70.6 cm³/mol. The largest absolute Gasteiger partial charge is 0.497 e. The number of nitrogens with two attached hydrogens (primary N) is 1. The summed E-state index contributed by atoms with van der Waals surface area (Å²) in [6, 6.07) is 7.56. The molecule has 1 aliphatic rings. The summed E-state index contributed by atoms with van der Waals surface area (Å²) in [4.78, 5) is 4.45. The summed E-state index contributed by atoms with van der Waals surface area (Å²) in [7, 11) is 1.64. The minimum atomic E-state index is -0.433. The molecule has 0 bridgehead atoms. The van der Waals surface area contributed by atoms with Crippen LogP contribution < -0.4 is 10.5 Å². The first-order valence-electron chi connectivity index (χ1n) is 6.49. The highest BCUT2D eigenvalue weighted by atomic mass is 16.5. The molecule has 2 aromatic rings. The van der Waals surface area contributed by atoms with E-state index in [4.69, 9.17) is 15.0 Å². The third-order valence-corrected chi connectivity index (χ3v) is 3.70. The summed E-state index contributed by atoms with van der Waals surface area (Å²) in [6.45, 7) is 0. The Morgan fingerprint density at radius 1 is 1.21 bits per heavy atom. The summed E-state index contributed by atoms with van der Waals surface area (Å²) in [5, 5.41) is 4.02. The van der Waals surface area contributed by atoms with Gasteiger partial charge in [0.05, 0.1) is 12.6 Å². The van der Waals surface area contributed by atoms with E-state index in [2.05, 4.69) is 10.1 Å². The van der Waals surface area contributed by atoms with Gasteiger partial charge in [-0.25, -0.2) is 0 Å². The van der Waals surface area contributed by atoms with Gasteiger partial charge in [-0.05, 0) is 37.1 Å². The molecular weight excluding hydrogens is 242 g/mol. The number of rotatable bonds is 3. The Bertz CT molecular complexity index is 556. The number of hydrogen-bond acceptors (Lipinski definition) is 5. The molecule has 0 atom stereocenters. The van der Waals surface area contributed by atoms with Crippen LogP contribution in [0.1, 0.15) is 31.6 Å². The van der Waals surface area contributed by atoms with Gasteiger partial charge in [0.1, 0.15) is 5.75 Å². The molecule has 0 unspecified atom stereocenters. The quantitative estimate of drug-likeness (QED) is 0.916. The molecule has 0 spiro atoms. The van der Waals surface area contributed by atoms with Crippen LogP contribution in [-0.4, -0.2) is 17.3 Å². The molecule has 1 aromatic heterocycles. The summed E-state index contributed by atoms with van der Waals surface area (Å²) in [5.41, 5.74) is 6.77. The lowest BCUT2D eigenvalue weighted by Crippen LogP contribution is -2.33. The van der Waals surface area contributed by atoms with Crippen LogP contribution in [0.3, 0.4) is 0 Å². The number of nitrogens with zero attached hydrogens (tertiary/aromatic N) is 2. The van der Waals surface area contributed by atoms with E-state index < -0.39 is 5.54 Å². The van der Waals surface area contributed by atoms with Crippen molar-refractivity contribution in [3.05, 3.63) is 30.2 Å². The summed E-state index contributed by atoms with van der Waals surface area (Å²) < 4.78 is 10.5. The monoisotopic (exact) mass is 259 g/mol. The van der Waals surface area contributed by atoms with Crippen LogP contribution >= 0.6 is 0 Å². The maximum atomic E-state index is 6.30. The van der Waals surface area contributed by atoms with Gasteiger partial charge in [0, 0.05) is 5.56 Å². The maximum absolute atomic E-state index is 6.30. The minimum absolute atomic E-state index is 0.433. The Morgan fingerprint density at radius 3 is 2.53 bits per heavy atom. The molecule has 1 fully saturated rings. The average Bonchev–Trinajstić information content (AvgIpc) is 3.08. The topological polar surface area (TPSA) is 74.2 Å². The molecule has 0 aliphatic heterocycles. The van der Waals surface area contributed by atoms with Crippen LogP contribution in [0.25, 0.3) is 11.4 Å². The zero-order valence-electron chi connectivity index (χ0n) is 10.9. The van der Waals surface area contributed by atoms with Gasteiger partial charge in [-0.15, -0.1) is 0 Å². The van der Waals surface area contributed by atoms with Crippen molar-refractivity contribution in [3.63, 3.8) is 0 Å². The Kier molecular flexibility index (Phi) is 2.98. The Morgan fingerprint density at radius 2 is 1.89 bits per heavy atom. The van der Waals surface area contributed by atoms with Crippen molar-refractivity contribution in [1.82, 2.24) is 10.1 Å². The van der Waals surface area contributed by atoms with E-state index in [1.807, 2.05) is 24.3 Å². The standard InChI is InChI=1S/C14H17N3O2/c1-18-11-6-4-10(5-7-11)12-16-13(19-17-12)14(15)8-2-3-9-14/h4-7H,2-3,8-9,15H2,1H3. The molecule has 100 valence electrons. The fourth-order valence-corrected chi connectivity index (χ4v) is 2.50. The molecule has 1 heterocycles. The Labute approximate surface area is 111 Å². The van der Waals surface area contributed by atoms with E-state index in [9.17, 15) is 0 Å². The first-order chi connectivity index (χ1) is 9.21. The third kappa shape index (κ3) is 2.21. The zero-order chi connectivity index (χ0) is 13.3. The SMILES string of the molecule is COc1ccc(-c2noc(C3(N)CCCC3)n2)cc1. The number of methoxy groups -OCH3 is 1. The van der Waals surface area contributed by atoms with Gasteiger partial charge in [0.25, 0.3) is 0 Å². The normalized spacial score (nSPS) is 17.6. The Hall–Kier alpha value is -1.88. The summed E-state index contributed by atoms with van der Waals surface area (Å²) >= 11 is 0. The van der Waals surface area contributed by atoms with Crippen molar-refractivity contribution in [2.45, 2.75) is 31.2 Å². The van der Waals surface area contributed by atoms with E-state index in [1.165, 1.54) is 0 Å². The van der Waals surface area contributed by atoms with E-state index in [1.54, 1.807) is 7.11 Å². The van der Waals surface area contributed by atoms with Crippen LogP contribution in [0, 0.1) is 0 Å². The van der Waals surface area contributed by atoms with E-state index in [0.29, 0.717) is 11.7 Å². The zero-order valence-corrected chi connectivity index (χ0v) is 10.9. The van der Waals surface area contributed by atoms with Crippen molar-refractivity contribution < 1.29 is 9.26 Å². The molecule has 1 saturated carbocycles. The van der Waals surface area contributed by atoms with Gasteiger partial charge in [-0.3, -0.25) is 0 Å². The number of benzene rings is 1. The Balaban J connectivity index is 1.87. The van der Waals surface area contributed by atoms with E-state index in [-0.39, 0.29) is 0 Å². The van der Waals surface area contributed by atoms with Crippen molar-refractivity contribution >= 4 is 0 Å². The van der Waals surface area contributed by atoms with Crippen LogP contribution in [0.2, 0.25) is 0 Å². The van der Waals surface area contributed by atoms with Crippen LogP contribution in [-0.2, 0) is 5.54 Å². The number of hydrogen-bond donors (Lipinski definition) is 1. The fraction of sp³-hybridized carbons (Fsp3) is 0.429. The third-order valence-electron chi connectivity index (χ3n) is 3.70. The van der Waals surface area contributed by atoms with Crippen molar-refractivity contribution in [2.24, 2.45) is 5.73 Å². The van der Waals surface area contributed by atoms with Gasteiger partial charge >= 0.3 is 0 Å². The van der Waals surface area contributed by atoms with Gasteiger partial charge in [-0.1, -0.05) is 18.0 Å². The first kappa shape index (κ1) is 12.2. The first-order valence-corrected chi connectivity index (χ1v) is 6.49. The molecule has 3 rings (SSSR count). The molecule has 5 heteroatoms. The van der Waals surface area contributed by atoms with Crippen LogP contribution in [0.4, 0.5) is 0 Å². The van der Waals surface area contributed by atoms with Gasteiger partial charge < -0.3 is 15.0 Å². The van der Waals surface area contributed by atoms with Gasteiger partial charge in [0.2, 0.25) is 11.7 Å². The molecular formula is C14H17N3O2. The molecule has 0 radical (unpaired) electrons. The molecule has 1 aromatic carbocycles. The van der Waals surface area contributed by atoms with Crippen LogP contribution in [0.5, 0.6) is 5.75 Å². The summed E-state index contributed by atoms with van der Waals surface area (Å²) in [6.07, 6.45) is 4.07. The highest BCUT2D eigenvalue weighted by molar-refractivity contribution is 5.55. The van der Waals surface area contributed by atoms with Crippen LogP contribution in [0.15, 0.2) is 28.8 Å². The second-order valence-electron chi connectivity index (χ2n) is 5.01. The number of ether oxygens (including phenoxy) is 1. The lowest BCUT2D eigenvalue weighted by Gasteiger charge is -2.17. The predicted octanol–water partition coefficient (Wildman–Crippen LogP) is 2.47. The highest BCUT2D eigenvalue weighted by Crippen LogP contribution is 2.36. The summed E-state index contributed by atoms with van der Waals surface area (Å²) in [5.74, 6) is 1.93. The second kappa shape index (κ2) is 4.66. The molecule has 5 nitrogen and oxygen atoms in total.